The summed E-state index contributed by atoms with van der Waals surface area (Å²) in [6, 6.07) is 9.89. The molecule has 3 aliphatic rings. The lowest BCUT2D eigenvalue weighted by Gasteiger charge is -2.20. The van der Waals surface area contributed by atoms with E-state index in [-0.39, 0.29) is 10.8 Å². The lowest BCUT2D eigenvalue weighted by molar-refractivity contribution is 0.682. The fourth-order valence-electron chi connectivity index (χ4n) is 5.40. The van der Waals surface area contributed by atoms with E-state index >= 15 is 0 Å². The van der Waals surface area contributed by atoms with Gasteiger partial charge in [0.1, 0.15) is 0 Å². The first-order valence-electron chi connectivity index (χ1n) is 9.42. The zero-order chi connectivity index (χ0) is 17.7. The van der Waals surface area contributed by atoms with Gasteiger partial charge in [0.05, 0.1) is 0 Å². The Morgan fingerprint density at radius 1 is 0.600 bits per heavy atom. The van der Waals surface area contributed by atoms with Crippen molar-refractivity contribution in [2.45, 2.75) is 58.8 Å². The van der Waals surface area contributed by atoms with Gasteiger partial charge in [-0.2, -0.15) is 0 Å². The van der Waals surface area contributed by atoms with Crippen molar-refractivity contribution in [3.8, 4) is 11.1 Å². The molecule has 25 heavy (non-hydrogen) atoms. The lowest BCUT2D eigenvalue weighted by Crippen LogP contribution is -2.11. The molecule has 0 saturated carbocycles. The van der Waals surface area contributed by atoms with E-state index in [0.717, 1.165) is 6.42 Å². The second-order valence-electron chi connectivity index (χ2n) is 9.38. The molecule has 0 unspecified atom stereocenters. The fraction of sp³-hybridized carbons (Fsp3) is 0.360. The first-order chi connectivity index (χ1) is 11.7. The summed E-state index contributed by atoms with van der Waals surface area (Å²) in [5.41, 5.74) is 15.0. The van der Waals surface area contributed by atoms with E-state index in [4.69, 9.17) is 0 Å². The summed E-state index contributed by atoms with van der Waals surface area (Å²) in [6.07, 6.45) is 5.92. The van der Waals surface area contributed by atoms with E-state index in [2.05, 4.69) is 78.0 Å². The van der Waals surface area contributed by atoms with E-state index < -0.39 is 0 Å². The molecule has 2 aromatic rings. The largest absolute Gasteiger partial charge is 0.0709 e. The topological polar surface area (TPSA) is 0 Å². The predicted molar refractivity (Wildman–Crippen MR) is 108 cm³/mol. The van der Waals surface area contributed by atoms with Crippen LogP contribution in [-0.4, -0.2) is 0 Å². The molecular weight excluding hydrogens is 300 g/mol. The van der Waals surface area contributed by atoms with Crippen molar-refractivity contribution in [1.29, 1.82) is 0 Å². The maximum absolute atomic E-state index is 2.48. The van der Waals surface area contributed by atoms with E-state index in [9.17, 15) is 0 Å². The van der Waals surface area contributed by atoms with Gasteiger partial charge >= 0.3 is 0 Å². The monoisotopic (exact) mass is 326 g/mol. The summed E-state index contributed by atoms with van der Waals surface area (Å²) in [7, 11) is 0. The number of fused-ring (bicyclic) bond motifs is 5. The van der Waals surface area contributed by atoms with E-state index in [1.165, 1.54) is 55.7 Å². The van der Waals surface area contributed by atoms with Gasteiger partial charge in [0, 0.05) is 10.8 Å². The van der Waals surface area contributed by atoms with Gasteiger partial charge in [0.15, 0.2) is 0 Å². The molecule has 0 atom stereocenters. The normalized spacial score (nSPS) is 20.6. The molecule has 0 aliphatic heterocycles. The third-order valence-electron chi connectivity index (χ3n) is 6.55. The van der Waals surface area contributed by atoms with Crippen molar-refractivity contribution in [2.24, 2.45) is 0 Å². The smallest absolute Gasteiger partial charge is 0.00874 e. The minimum absolute atomic E-state index is 0.144. The highest BCUT2D eigenvalue weighted by molar-refractivity contribution is 5.87. The molecule has 0 saturated heterocycles. The van der Waals surface area contributed by atoms with Crippen LogP contribution in [0.3, 0.4) is 0 Å². The molecule has 0 N–H and O–H groups in total. The van der Waals surface area contributed by atoms with Gasteiger partial charge in [-0.3, -0.25) is 0 Å². The second-order valence-corrected chi connectivity index (χ2v) is 9.38. The Balaban J connectivity index is 1.74. The molecule has 0 spiro atoms. The SMILES string of the molecule is CC1=CC(C)(C)c2cc3c(cc21)Cc1cc2c(cc1-3)C(C)(C)C=C2C. The molecule has 0 aromatic heterocycles. The van der Waals surface area contributed by atoms with Crippen molar-refractivity contribution in [1.82, 2.24) is 0 Å². The third-order valence-corrected chi connectivity index (χ3v) is 6.55. The average molecular weight is 326 g/mol. The molecule has 0 nitrogen and oxygen atoms in total. The summed E-state index contributed by atoms with van der Waals surface area (Å²) in [6.45, 7) is 13.9. The van der Waals surface area contributed by atoms with Crippen LogP contribution in [0.15, 0.2) is 36.4 Å². The fourth-order valence-corrected chi connectivity index (χ4v) is 5.40. The molecule has 0 fully saturated rings. The van der Waals surface area contributed by atoms with E-state index in [1.54, 1.807) is 0 Å². The minimum Gasteiger partial charge on any atom is -0.0709 e. The van der Waals surface area contributed by atoms with Gasteiger partial charge in [0.25, 0.3) is 0 Å². The summed E-state index contributed by atoms with van der Waals surface area (Å²) in [5.74, 6) is 0. The average Bonchev–Trinajstić information content (AvgIpc) is 3.05. The van der Waals surface area contributed by atoms with Crippen LogP contribution in [0.5, 0.6) is 0 Å². The van der Waals surface area contributed by atoms with Gasteiger partial charge in [-0.1, -0.05) is 52.0 Å². The second kappa shape index (κ2) is 4.36. The van der Waals surface area contributed by atoms with Crippen LogP contribution in [0.1, 0.15) is 74.9 Å². The molecule has 0 bridgehead atoms. The highest BCUT2D eigenvalue weighted by atomic mass is 14.4. The zero-order valence-electron chi connectivity index (χ0n) is 16.2. The lowest BCUT2D eigenvalue weighted by atomic mass is 9.83. The Kier molecular flexibility index (Phi) is 2.65. The van der Waals surface area contributed by atoms with Gasteiger partial charge in [-0.05, 0) is 88.1 Å². The molecule has 2 aromatic carbocycles. The maximum Gasteiger partial charge on any atom is 0.00874 e. The number of hydrogen-bond donors (Lipinski definition) is 0. The first kappa shape index (κ1) is 15.2. The number of hydrogen-bond acceptors (Lipinski definition) is 0. The van der Waals surface area contributed by atoms with Crippen LogP contribution >= 0.6 is 0 Å². The van der Waals surface area contributed by atoms with Crippen molar-refractivity contribution >= 4 is 11.1 Å². The Bertz CT molecular complexity index is 939. The predicted octanol–water partition coefficient (Wildman–Crippen LogP) is 6.65. The minimum atomic E-state index is 0.144. The van der Waals surface area contributed by atoms with Crippen LogP contribution in [0.25, 0.3) is 22.3 Å². The highest BCUT2D eigenvalue weighted by Gasteiger charge is 2.34. The third kappa shape index (κ3) is 1.89. The van der Waals surface area contributed by atoms with Crippen LogP contribution in [-0.2, 0) is 17.3 Å². The first-order valence-corrected chi connectivity index (χ1v) is 9.42. The van der Waals surface area contributed by atoms with Crippen LogP contribution in [0, 0.1) is 0 Å². The summed E-state index contributed by atoms with van der Waals surface area (Å²) >= 11 is 0. The molecule has 0 heteroatoms. The quantitative estimate of drug-likeness (QED) is 0.434. The molecule has 0 radical (unpaired) electrons. The molecular formula is C25H26. The number of rotatable bonds is 0. The van der Waals surface area contributed by atoms with Crippen LogP contribution in [0.4, 0.5) is 0 Å². The maximum atomic E-state index is 2.48. The summed E-state index contributed by atoms with van der Waals surface area (Å²) < 4.78 is 0. The van der Waals surface area contributed by atoms with E-state index in [1.807, 2.05) is 0 Å². The van der Waals surface area contributed by atoms with Crippen molar-refractivity contribution < 1.29 is 0 Å². The van der Waals surface area contributed by atoms with Crippen molar-refractivity contribution in [2.75, 3.05) is 0 Å². The van der Waals surface area contributed by atoms with Gasteiger partial charge in [0.2, 0.25) is 0 Å². The van der Waals surface area contributed by atoms with Crippen molar-refractivity contribution in [3.63, 3.8) is 0 Å². The molecule has 0 amide bonds. The molecule has 5 rings (SSSR count). The van der Waals surface area contributed by atoms with Crippen molar-refractivity contribution in [3.05, 3.63) is 69.8 Å². The Morgan fingerprint density at radius 3 is 1.40 bits per heavy atom. The van der Waals surface area contributed by atoms with E-state index in [0.29, 0.717) is 0 Å². The Hall–Kier alpha value is -2.08. The van der Waals surface area contributed by atoms with Crippen LogP contribution in [0.2, 0.25) is 0 Å². The molecule has 3 aliphatic carbocycles. The van der Waals surface area contributed by atoms with Crippen LogP contribution < -0.4 is 0 Å². The molecule has 0 heterocycles. The number of benzene rings is 2. The van der Waals surface area contributed by atoms with Gasteiger partial charge in [-0.25, -0.2) is 0 Å². The molecule has 126 valence electrons. The zero-order valence-corrected chi connectivity index (χ0v) is 16.2. The summed E-state index contributed by atoms with van der Waals surface area (Å²) in [5, 5.41) is 0. The number of allylic oxidation sites excluding steroid dienone is 4. The van der Waals surface area contributed by atoms with Gasteiger partial charge in [-0.15, -0.1) is 0 Å². The highest BCUT2D eigenvalue weighted by Crippen LogP contribution is 2.49. The standard InChI is InChI=1S/C25H26/c1-14-12-24(3,4)22-10-20-16(8-18(14)22)7-17-9-19-15(2)13-25(5,6)23(19)11-21(17)20/h8-13H,7H2,1-6H3. The Labute approximate surface area is 151 Å². The Morgan fingerprint density at radius 2 is 1.00 bits per heavy atom. The van der Waals surface area contributed by atoms with Gasteiger partial charge < -0.3 is 0 Å². The summed E-state index contributed by atoms with van der Waals surface area (Å²) in [4.78, 5) is 0.